The van der Waals surface area contributed by atoms with Crippen LogP contribution in [0.1, 0.15) is 13.8 Å². The van der Waals surface area contributed by atoms with Crippen molar-refractivity contribution in [2.24, 2.45) is 0 Å². The van der Waals surface area contributed by atoms with Crippen LogP contribution in [0.15, 0.2) is 24.3 Å². The Morgan fingerprint density at radius 3 is 1.83 bits per heavy atom. The van der Waals surface area contributed by atoms with Gasteiger partial charge in [0.1, 0.15) is 0 Å². The summed E-state index contributed by atoms with van der Waals surface area (Å²) in [5.74, 6) is -0.935. The van der Waals surface area contributed by atoms with Gasteiger partial charge in [-0.2, -0.15) is 0 Å². The highest BCUT2D eigenvalue weighted by atomic mass is 35.5. The highest BCUT2D eigenvalue weighted by Crippen LogP contribution is 1.81. The number of allylic oxidation sites excluding steroid dienone is 2. The van der Waals surface area contributed by atoms with E-state index >= 15 is 0 Å². The number of hydrogen-bond acceptors (Lipinski definition) is 2. The zero-order chi connectivity index (χ0) is 10.1. The number of rotatable bonds is 2. The smallest absolute Gasteiger partial charge is 0.330 e. The second-order valence-corrected chi connectivity index (χ2v) is 2.26. The average Bonchev–Trinajstić information content (AvgIpc) is 1.87. The van der Waals surface area contributed by atoms with Crippen LogP contribution in [0, 0.1) is 0 Å². The van der Waals surface area contributed by atoms with Gasteiger partial charge in [-0.05, 0) is 31.5 Å². The summed E-state index contributed by atoms with van der Waals surface area (Å²) < 4.78 is 0. The molecular weight excluding hydrogens is 180 g/mol. The molecule has 3 nitrogen and oxygen atoms in total. The molecule has 0 aliphatic heterocycles. The molecule has 0 radical (unpaired) electrons. The molecule has 0 rings (SSSR count). The molecule has 0 spiro atoms. The van der Waals surface area contributed by atoms with E-state index in [1.807, 2.05) is 0 Å². The Hall–Kier alpha value is -1.09. The molecule has 0 saturated carbocycles. The van der Waals surface area contributed by atoms with Gasteiger partial charge in [0.15, 0.2) is 0 Å². The minimum Gasteiger partial charge on any atom is -0.478 e. The first kappa shape index (κ1) is 13.5. The van der Waals surface area contributed by atoms with Crippen molar-refractivity contribution < 1.29 is 14.7 Å². The van der Waals surface area contributed by atoms with E-state index in [0.29, 0.717) is 0 Å². The van der Waals surface area contributed by atoms with E-state index in [1.54, 1.807) is 13.0 Å². The summed E-state index contributed by atoms with van der Waals surface area (Å²) in [6, 6.07) is 0. The lowest BCUT2D eigenvalue weighted by molar-refractivity contribution is -0.132. The van der Waals surface area contributed by atoms with E-state index in [9.17, 15) is 9.59 Å². The lowest BCUT2D eigenvalue weighted by Crippen LogP contribution is -1.92. The fourth-order valence-electron chi connectivity index (χ4n) is 0.131. The van der Waals surface area contributed by atoms with Crippen LogP contribution in [0.3, 0.4) is 0 Å². The Balaban J connectivity index is 0. The Labute approximate surface area is 76.3 Å². The molecule has 0 aliphatic rings. The van der Waals surface area contributed by atoms with Crippen molar-refractivity contribution in [3.8, 4) is 0 Å². The van der Waals surface area contributed by atoms with Gasteiger partial charge in [0.05, 0.1) is 0 Å². The van der Waals surface area contributed by atoms with E-state index in [1.165, 1.54) is 13.0 Å². The normalized spacial score (nSPS) is 8.58. The minimum absolute atomic E-state index is 0.176. The number of halogens is 1. The first-order valence-electron chi connectivity index (χ1n) is 3.12. The van der Waals surface area contributed by atoms with Crippen LogP contribution >= 0.6 is 11.6 Å². The van der Waals surface area contributed by atoms with Crippen LogP contribution in [0.25, 0.3) is 0 Å². The summed E-state index contributed by atoms with van der Waals surface area (Å²) >= 11 is 4.85. The molecule has 0 unspecified atom stereocenters. The van der Waals surface area contributed by atoms with Crippen molar-refractivity contribution in [3.63, 3.8) is 0 Å². The first-order chi connectivity index (χ1) is 5.41. The molecule has 12 heavy (non-hydrogen) atoms. The molecule has 4 heteroatoms. The monoisotopic (exact) mass is 190 g/mol. The first-order valence-corrected chi connectivity index (χ1v) is 3.50. The maximum absolute atomic E-state index is 9.72. The second-order valence-electron chi connectivity index (χ2n) is 1.89. The summed E-state index contributed by atoms with van der Waals surface area (Å²) in [6.45, 7) is 6.34. The van der Waals surface area contributed by atoms with Crippen LogP contribution < -0.4 is 0 Å². The van der Waals surface area contributed by atoms with E-state index in [0.717, 1.165) is 0 Å². The fourth-order valence-corrected chi connectivity index (χ4v) is 0.257. The molecule has 0 aromatic carbocycles. The fraction of sp³-hybridized carbons (Fsp3) is 0.250. The van der Waals surface area contributed by atoms with Gasteiger partial charge in [-0.1, -0.05) is 12.7 Å². The minimum atomic E-state index is -0.935. The van der Waals surface area contributed by atoms with Gasteiger partial charge < -0.3 is 5.11 Å². The van der Waals surface area contributed by atoms with Crippen molar-refractivity contribution in [1.82, 2.24) is 0 Å². The molecular formula is C8H11ClO3. The van der Waals surface area contributed by atoms with E-state index in [4.69, 9.17) is 16.7 Å². The maximum atomic E-state index is 9.72. The Morgan fingerprint density at radius 1 is 1.50 bits per heavy atom. The van der Waals surface area contributed by atoms with Crippen molar-refractivity contribution >= 4 is 22.8 Å². The van der Waals surface area contributed by atoms with Gasteiger partial charge in [0, 0.05) is 5.57 Å². The Kier molecular flexibility index (Phi) is 9.01. The number of carboxylic acid groups (broad SMARTS) is 1. The molecule has 0 aliphatic carbocycles. The van der Waals surface area contributed by atoms with Crippen molar-refractivity contribution in [2.45, 2.75) is 13.8 Å². The predicted octanol–water partition coefficient (Wildman–Crippen LogP) is 1.97. The summed E-state index contributed by atoms with van der Waals surface area (Å²) in [6.07, 6.45) is 2.89. The number of aliphatic carboxylic acids is 1. The molecule has 0 aromatic heterocycles. The Bertz CT molecular complexity index is 194. The van der Waals surface area contributed by atoms with Gasteiger partial charge >= 0.3 is 5.97 Å². The van der Waals surface area contributed by atoms with Crippen molar-refractivity contribution in [3.05, 3.63) is 24.3 Å². The predicted molar refractivity (Wildman–Crippen MR) is 48.1 cm³/mol. The van der Waals surface area contributed by atoms with Gasteiger partial charge in [-0.25, -0.2) is 4.79 Å². The molecule has 0 heterocycles. The van der Waals surface area contributed by atoms with E-state index in [-0.39, 0.29) is 5.57 Å². The van der Waals surface area contributed by atoms with Crippen molar-refractivity contribution in [2.75, 3.05) is 0 Å². The average molecular weight is 191 g/mol. The number of carbonyl (C=O) groups excluding carboxylic acids is 1. The zero-order valence-corrected chi connectivity index (χ0v) is 7.76. The Morgan fingerprint density at radius 2 is 1.83 bits per heavy atom. The van der Waals surface area contributed by atoms with Gasteiger partial charge in [0.25, 0.3) is 0 Å². The summed E-state index contributed by atoms with van der Waals surface area (Å²) in [5, 5.41) is 7.47. The third-order valence-electron chi connectivity index (χ3n) is 0.663. The maximum Gasteiger partial charge on any atom is 0.330 e. The van der Waals surface area contributed by atoms with Crippen LogP contribution in [0.4, 0.5) is 0 Å². The number of carbonyl (C=O) groups is 2. The third-order valence-corrected chi connectivity index (χ3v) is 0.789. The van der Waals surface area contributed by atoms with Crippen LogP contribution in [-0.4, -0.2) is 16.3 Å². The van der Waals surface area contributed by atoms with Gasteiger partial charge in [0.2, 0.25) is 5.24 Å². The second kappa shape index (κ2) is 8.01. The third kappa shape index (κ3) is 16.0. The van der Waals surface area contributed by atoms with Crippen molar-refractivity contribution in [1.29, 1.82) is 0 Å². The molecule has 0 bridgehead atoms. The molecule has 68 valence electrons. The topological polar surface area (TPSA) is 54.4 Å². The number of carboxylic acids is 1. The summed E-state index contributed by atoms with van der Waals surface area (Å²) in [4.78, 5) is 19.3. The summed E-state index contributed by atoms with van der Waals surface area (Å²) in [7, 11) is 0. The molecule has 0 aromatic rings. The largest absolute Gasteiger partial charge is 0.478 e. The zero-order valence-electron chi connectivity index (χ0n) is 7.00. The molecule has 0 amide bonds. The van der Waals surface area contributed by atoms with Crippen LogP contribution in [0.2, 0.25) is 0 Å². The van der Waals surface area contributed by atoms with Crippen LogP contribution in [0.5, 0.6) is 0 Å². The van der Waals surface area contributed by atoms with Crippen LogP contribution in [-0.2, 0) is 9.59 Å². The van der Waals surface area contributed by atoms with E-state index < -0.39 is 11.2 Å². The lowest BCUT2D eigenvalue weighted by Gasteiger charge is -1.79. The highest BCUT2D eigenvalue weighted by Gasteiger charge is 1.90. The number of hydrogen-bond donors (Lipinski definition) is 1. The molecule has 0 fully saturated rings. The standard InChI is InChI=1S/C4H5ClO.C4H6O2/c1-2-3-4(5)6;1-3(2)4(5)6/h2-3H,1H3;1H2,2H3,(H,5,6). The quantitative estimate of drug-likeness (QED) is 0.535. The molecule has 0 atom stereocenters. The molecule has 1 N–H and O–H groups in total. The lowest BCUT2D eigenvalue weighted by atomic mass is 10.4. The summed E-state index contributed by atoms with van der Waals surface area (Å²) in [5.41, 5.74) is 0.176. The molecule has 0 saturated heterocycles. The highest BCUT2D eigenvalue weighted by molar-refractivity contribution is 6.66. The van der Waals surface area contributed by atoms with E-state index in [2.05, 4.69) is 6.58 Å². The van der Waals surface area contributed by atoms with Gasteiger partial charge in [-0.3, -0.25) is 4.79 Å². The van der Waals surface area contributed by atoms with Gasteiger partial charge in [-0.15, -0.1) is 0 Å². The SMILES string of the molecule is C=C(C)C(=O)O.CC=CC(=O)Cl.